The second kappa shape index (κ2) is 5.30. The molecular weight excluding hydrogens is 290 g/mol. The molecule has 0 spiro atoms. The van der Waals surface area contributed by atoms with Crippen LogP contribution in [0.1, 0.15) is 16.8 Å². The highest BCUT2D eigenvalue weighted by Gasteiger charge is 2.26. The van der Waals surface area contributed by atoms with Gasteiger partial charge in [0.2, 0.25) is 0 Å². The Morgan fingerprint density at radius 2 is 1.95 bits per heavy atom. The Morgan fingerprint density at radius 3 is 2.62 bits per heavy atom. The van der Waals surface area contributed by atoms with Crippen molar-refractivity contribution in [3.8, 4) is 11.5 Å². The van der Waals surface area contributed by atoms with Crippen LogP contribution in [-0.4, -0.2) is 24.5 Å². The van der Waals surface area contributed by atoms with Gasteiger partial charge in [-0.05, 0) is 30.3 Å². The van der Waals surface area contributed by atoms with Crippen molar-refractivity contribution < 1.29 is 14.6 Å². The van der Waals surface area contributed by atoms with Gasteiger partial charge in [0.1, 0.15) is 0 Å². The number of ether oxygens (including phenoxy) is 1. The van der Waals surface area contributed by atoms with Gasteiger partial charge in [0.15, 0.2) is 17.3 Å². The third-order valence-corrected chi connectivity index (χ3v) is 3.84. The van der Waals surface area contributed by atoms with Gasteiger partial charge in [-0.2, -0.15) is 0 Å². The van der Waals surface area contributed by atoms with Crippen LogP contribution < -0.4 is 9.64 Å². The summed E-state index contributed by atoms with van der Waals surface area (Å²) in [6.45, 7) is 0.585. The number of carbonyl (C=O) groups is 1. The van der Waals surface area contributed by atoms with Gasteiger partial charge in [0.05, 0.1) is 12.8 Å². The van der Waals surface area contributed by atoms with Crippen molar-refractivity contribution in [2.75, 3.05) is 18.6 Å². The van der Waals surface area contributed by atoms with Crippen LogP contribution in [0, 0.1) is 0 Å². The summed E-state index contributed by atoms with van der Waals surface area (Å²) in [5.74, 6) is 0.345. The molecule has 2 aromatic rings. The van der Waals surface area contributed by atoms with Crippen molar-refractivity contribution in [3.05, 3.63) is 47.0 Å². The summed E-state index contributed by atoms with van der Waals surface area (Å²) < 4.78 is 5.14. The molecule has 0 bridgehead atoms. The molecular formula is C16H14ClNO3. The van der Waals surface area contributed by atoms with E-state index in [0.717, 1.165) is 11.4 Å². The Labute approximate surface area is 127 Å². The van der Waals surface area contributed by atoms with Gasteiger partial charge in [-0.25, -0.2) is 0 Å². The number of carbonyl (C=O) groups excluding carboxylic acids is 1. The zero-order valence-electron chi connectivity index (χ0n) is 11.5. The molecule has 0 saturated carbocycles. The average Bonchev–Trinajstić information content (AvgIpc) is 2.49. The van der Waals surface area contributed by atoms with Crippen LogP contribution in [0.4, 0.5) is 11.4 Å². The van der Waals surface area contributed by atoms with E-state index in [-0.39, 0.29) is 11.5 Å². The van der Waals surface area contributed by atoms with E-state index in [0.29, 0.717) is 29.3 Å². The fourth-order valence-electron chi connectivity index (χ4n) is 2.53. The highest BCUT2D eigenvalue weighted by Crippen LogP contribution is 2.40. The van der Waals surface area contributed by atoms with E-state index >= 15 is 0 Å². The van der Waals surface area contributed by atoms with Gasteiger partial charge in [-0.3, -0.25) is 4.79 Å². The first-order chi connectivity index (χ1) is 10.1. The standard InChI is InChI=1S/C16H14ClNO3/c1-21-16-9-13-12(8-15(16)20)14(19)6-7-18(13)11-4-2-10(17)3-5-11/h2-5,8-9,20H,6-7H2,1H3. The van der Waals surface area contributed by atoms with E-state index in [9.17, 15) is 9.90 Å². The minimum atomic E-state index is -0.0254. The van der Waals surface area contributed by atoms with Crippen molar-refractivity contribution in [1.82, 2.24) is 0 Å². The van der Waals surface area contributed by atoms with Crippen molar-refractivity contribution in [2.24, 2.45) is 0 Å². The molecule has 0 aliphatic carbocycles. The predicted molar refractivity (Wildman–Crippen MR) is 82.1 cm³/mol. The van der Waals surface area contributed by atoms with Crippen molar-refractivity contribution >= 4 is 28.8 Å². The number of nitrogens with zero attached hydrogens (tertiary/aromatic N) is 1. The fourth-order valence-corrected chi connectivity index (χ4v) is 2.65. The molecule has 0 saturated heterocycles. The lowest BCUT2D eigenvalue weighted by Gasteiger charge is -2.31. The Kier molecular flexibility index (Phi) is 3.47. The molecule has 108 valence electrons. The normalized spacial score (nSPS) is 14.0. The van der Waals surface area contributed by atoms with Crippen molar-refractivity contribution in [3.63, 3.8) is 0 Å². The van der Waals surface area contributed by atoms with Gasteiger partial charge in [0, 0.05) is 35.3 Å². The average molecular weight is 304 g/mol. The number of methoxy groups -OCH3 is 1. The van der Waals surface area contributed by atoms with E-state index < -0.39 is 0 Å². The van der Waals surface area contributed by atoms with Gasteiger partial charge in [0.25, 0.3) is 0 Å². The first-order valence-corrected chi connectivity index (χ1v) is 6.95. The van der Waals surface area contributed by atoms with E-state index in [4.69, 9.17) is 16.3 Å². The molecule has 0 amide bonds. The number of fused-ring (bicyclic) bond motifs is 1. The number of benzene rings is 2. The number of rotatable bonds is 2. The molecule has 3 rings (SSSR count). The molecule has 2 aromatic carbocycles. The molecule has 1 aliphatic rings. The maximum atomic E-state index is 12.1. The molecule has 0 aromatic heterocycles. The van der Waals surface area contributed by atoms with Gasteiger partial charge < -0.3 is 14.7 Å². The monoisotopic (exact) mass is 303 g/mol. The number of Topliss-reactive ketones (excluding diaryl/α,β-unsaturated/α-hetero) is 1. The highest BCUT2D eigenvalue weighted by atomic mass is 35.5. The van der Waals surface area contributed by atoms with Crippen LogP contribution in [0.3, 0.4) is 0 Å². The second-order valence-corrected chi connectivity index (χ2v) is 5.28. The molecule has 1 heterocycles. The number of phenolic OH excluding ortho intramolecular Hbond substituents is 1. The lowest BCUT2D eigenvalue weighted by atomic mass is 9.99. The number of anilines is 2. The highest BCUT2D eigenvalue weighted by molar-refractivity contribution is 6.30. The molecule has 0 unspecified atom stereocenters. The van der Waals surface area contributed by atoms with Gasteiger partial charge >= 0.3 is 0 Å². The molecule has 0 fully saturated rings. The summed E-state index contributed by atoms with van der Waals surface area (Å²) >= 11 is 5.92. The first-order valence-electron chi connectivity index (χ1n) is 6.57. The summed E-state index contributed by atoms with van der Waals surface area (Å²) in [6.07, 6.45) is 0.404. The lowest BCUT2D eigenvalue weighted by molar-refractivity contribution is 0.0981. The molecule has 0 radical (unpaired) electrons. The quantitative estimate of drug-likeness (QED) is 0.917. The van der Waals surface area contributed by atoms with Crippen LogP contribution >= 0.6 is 11.6 Å². The number of hydrogen-bond acceptors (Lipinski definition) is 4. The Morgan fingerprint density at radius 1 is 1.24 bits per heavy atom. The number of halogens is 1. The van der Waals surface area contributed by atoms with Gasteiger partial charge in [-0.15, -0.1) is 0 Å². The van der Waals surface area contributed by atoms with E-state index in [1.165, 1.54) is 13.2 Å². The van der Waals surface area contributed by atoms with Crippen LogP contribution in [-0.2, 0) is 0 Å². The van der Waals surface area contributed by atoms with Crippen molar-refractivity contribution in [2.45, 2.75) is 6.42 Å². The van der Waals surface area contributed by atoms with Gasteiger partial charge in [-0.1, -0.05) is 11.6 Å². The number of aromatic hydroxyl groups is 1. The van der Waals surface area contributed by atoms with E-state index in [2.05, 4.69) is 0 Å². The SMILES string of the molecule is COc1cc2c(cc1O)C(=O)CCN2c1ccc(Cl)cc1. The topological polar surface area (TPSA) is 49.8 Å². The van der Waals surface area contributed by atoms with Crippen molar-refractivity contribution in [1.29, 1.82) is 0 Å². The van der Waals surface area contributed by atoms with E-state index in [1.807, 2.05) is 29.2 Å². The van der Waals surface area contributed by atoms with Crippen LogP contribution in [0.5, 0.6) is 11.5 Å². The number of ketones is 1. The third kappa shape index (κ3) is 2.43. The molecule has 4 nitrogen and oxygen atoms in total. The molecule has 5 heteroatoms. The maximum absolute atomic E-state index is 12.1. The Balaban J connectivity index is 2.12. The minimum absolute atomic E-state index is 0.0215. The molecule has 0 atom stereocenters. The summed E-state index contributed by atoms with van der Waals surface area (Å²) in [5.41, 5.74) is 2.19. The third-order valence-electron chi connectivity index (χ3n) is 3.59. The first kappa shape index (κ1) is 13.8. The number of hydrogen-bond donors (Lipinski definition) is 1. The molecule has 21 heavy (non-hydrogen) atoms. The maximum Gasteiger partial charge on any atom is 0.166 e. The zero-order chi connectivity index (χ0) is 15.0. The van der Waals surface area contributed by atoms with Crippen LogP contribution in [0.25, 0.3) is 0 Å². The minimum Gasteiger partial charge on any atom is -0.504 e. The zero-order valence-corrected chi connectivity index (χ0v) is 12.2. The molecule has 1 aliphatic heterocycles. The fraction of sp³-hybridized carbons (Fsp3) is 0.188. The largest absolute Gasteiger partial charge is 0.504 e. The Bertz CT molecular complexity index is 697. The second-order valence-electron chi connectivity index (χ2n) is 4.84. The Hall–Kier alpha value is -2.20. The summed E-state index contributed by atoms with van der Waals surface area (Å²) in [5, 5.41) is 10.5. The number of phenols is 1. The van der Waals surface area contributed by atoms with Crippen LogP contribution in [0.2, 0.25) is 5.02 Å². The summed E-state index contributed by atoms with van der Waals surface area (Å²) in [7, 11) is 1.48. The van der Waals surface area contributed by atoms with Crippen LogP contribution in [0.15, 0.2) is 36.4 Å². The summed E-state index contributed by atoms with van der Waals surface area (Å²) in [4.78, 5) is 14.1. The van der Waals surface area contributed by atoms with E-state index in [1.54, 1.807) is 6.07 Å². The molecule has 1 N–H and O–H groups in total. The predicted octanol–water partition coefficient (Wildman–Crippen LogP) is 3.78. The smallest absolute Gasteiger partial charge is 0.166 e. The summed E-state index contributed by atoms with van der Waals surface area (Å²) in [6, 6.07) is 10.6. The lowest BCUT2D eigenvalue weighted by Crippen LogP contribution is -2.28.